The molecular weight excluding hydrogens is 274 g/mol. The second-order valence-electron chi connectivity index (χ2n) is 5.97. The Morgan fingerprint density at radius 2 is 1.71 bits per heavy atom. The van der Waals surface area contributed by atoms with Gasteiger partial charge in [0.05, 0.1) is 12.0 Å². The smallest absolute Gasteiger partial charge is 0.325 e. The number of hydrogen-bond donors (Lipinski definition) is 1. The molecule has 0 aromatic rings. The zero-order valence-corrected chi connectivity index (χ0v) is 13.8. The highest BCUT2D eigenvalue weighted by Gasteiger charge is 2.40. The van der Waals surface area contributed by atoms with E-state index in [4.69, 9.17) is 4.74 Å². The molecule has 0 fully saturated rings. The molecule has 0 rings (SSSR count). The van der Waals surface area contributed by atoms with Crippen LogP contribution in [0.15, 0.2) is 0 Å². The average molecular weight is 301 g/mol. The summed E-state index contributed by atoms with van der Waals surface area (Å²) < 4.78 is 4.85. The molecule has 0 spiro atoms. The predicted molar refractivity (Wildman–Crippen MR) is 78.7 cm³/mol. The SMILES string of the molecule is CCOC(=O)CN(C(=O)CC(C)(C(=O)O)C(C)C)C(C)C. The van der Waals surface area contributed by atoms with Crippen LogP contribution in [0.2, 0.25) is 0 Å². The Morgan fingerprint density at radius 1 is 1.19 bits per heavy atom. The number of ether oxygens (including phenoxy) is 1. The Hall–Kier alpha value is -1.59. The van der Waals surface area contributed by atoms with Crippen molar-refractivity contribution in [2.24, 2.45) is 11.3 Å². The van der Waals surface area contributed by atoms with E-state index in [2.05, 4.69) is 0 Å². The van der Waals surface area contributed by atoms with Gasteiger partial charge in [0.1, 0.15) is 6.54 Å². The minimum atomic E-state index is -1.15. The van der Waals surface area contributed by atoms with Crippen LogP contribution in [0.25, 0.3) is 0 Å². The van der Waals surface area contributed by atoms with Gasteiger partial charge >= 0.3 is 11.9 Å². The van der Waals surface area contributed by atoms with Crippen molar-refractivity contribution >= 4 is 17.8 Å². The molecule has 1 atom stereocenters. The second-order valence-corrected chi connectivity index (χ2v) is 5.97. The van der Waals surface area contributed by atoms with Gasteiger partial charge in [-0.05, 0) is 33.6 Å². The Balaban J connectivity index is 5.06. The number of hydrogen-bond acceptors (Lipinski definition) is 4. The summed E-state index contributed by atoms with van der Waals surface area (Å²) in [7, 11) is 0. The monoisotopic (exact) mass is 301 g/mol. The first kappa shape index (κ1) is 19.4. The van der Waals surface area contributed by atoms with Crippen molar-refractivity contribution in [3.05, 3.63) is 0 Å². The molecule has 0 saturated heterocycles. The molecule has 0 aliphatic rings. The summed E-state index contributed by atoms with van der Waals surface area (Å²) in [5, 5.41) is 9.38. The first-order chi connectivity index (χ1) is 9.56. The van der Waals surface area contributed by atoms with Crippen LogP contribution in [0.5, 0.6) is 0 Å². The number of esters is 1. The fourth-order valence-corrected chi connectivity index (χ4v) is 1.85. The van der Waals surface area contributed by atoms with Gasteiger partial charge in [0.25, 0.3) is 0 Å². The summed E-state index contributed by atoms with van der Waals surface area (Å²) in [5.74, 6) is -2.04. The molecule has 0 aromatic carbocycles. The third-order valence-corrected chi connectivity index (χ3v) is 3.83. The van der Waals surface area contributed by atoms with Crippen LogP contribution < -0.4 is 0 Å². The first-order valence-corrected chi connectivity index (χ1v) is 7.24. The lowest BCUT2D eigenvalue weighted by atomic mass is 9.76. The molecule has 122 valence electrons. The van der Waals surface area contributed by atoms with Crippen LogP contribution in [0.4, 0.5) is 0 Å². The number of carbonyl (C=O) groups excluding carboxylic acids is 2. The third-order valence-electron chi connectivity index (χ3n) is 3.83. The van der Waals surface area contributed by atoms with Gasteiger partial charge < -0.3 is 14.7 Å². The number of amides is 1. The predicted octanol–water partition coefficient (Wildman–Crippen LogP) is 1.92. The van der Waals surface area contributed by atoms with E-state index < -0.39 is 17.4 Å². The number of carbonyl (C=O) groups is 3. The Bertz CT molecular complexity index is 392. The van der Waals surface area contributed by atoms with Crippen molar-refractivity contribution in [3.63, 3.8) is 0 Å². The van der Waals surface area contributed by atoms with E-state index in [0.29, 0.717) is 0 Å². The highest BCUT2D eigenvalue weighted by Crippen LogP contribution is 2.32. The number of rotatable bonds is 8. The van der Waals surface area contributed by atoms with Crippen molar-refractivity contribution in [2.75, 3.05) is 13.2 Å². The van der Waals surface area contributed by atoms with Crippen molar-refractivity contribution < 1.29 is 24.2 Å². The molecule has 0 radical (unpaired) electrons. The summed E-state index contributed by atoms with van der Waals surface area (Å²) >= 11 is 0. The van der Waals surface area contributed by atoms with E-state index in [9.17, 15) is 19.5 Å². The van der Waals surface area contributed by atoms with Crippen molar-refractivity contribution in [1.82, 2.24) is 4.90 Å². The van der Waals surface area contributed by atoms with E-state index in [-0.39, 0.29) is 37.4 Å². The number of carboxylic acid groups (broad SMARTS) is 1. The molecule has 6 nitrogen and oxygen atoms in total. The fourth-order valence-electron chi connectivity index (χ4n) is 1.85. The summed E-state index contributed by atoms with van der Waals surface area (Å²) in [6, 6.07) is -0.202. The zero-order valence-electron chi connectivity index (χ0n) is 13.8. The molecule has 0 bridgehead atoms. The Kier molecular flexibility index (Phi) is 7.39. The molecule has 0 aliphatic heterocycles. The van der Waals surface area contributed by atoms with Crippen molar-refractivity contribution in [3.8, 4) is 0 Å². The molecule has 0 aliphatic carbocycles. The van der Waals surface area contributed by atoms with Gasteiger partial charge in [-0.1, -0.05) is 13.8 Å². The van der Waals surface area contributed by atoms with Gasteiger partial charge in [0.15, 0.2) is 0 Å². The van der Waals surface area contributed by atoms with Gasteiger partial charge in [0, 0.05) is 12.5 Å². The first-order valence-electron chi connectivity index (χ1n) is 7.24. The largest absolute Gasteiger partial charge is 0.481 e. The lowest BCUT2D eigenvalue weighted by Gasteiger charge is -2.33. The number of nitrogens with zero attached hydrogens (tertiary/aromatic N) is 1. The van der Waals surface area contributed by atoms with Crippen LogP contribution in [0, 0.1) is 11.3 Å². The third kappa shape index (κ3) is 5.36. The topological polar surface area (TPSA) is 83.9 Å². The van der Waals surface area contributed by atoms with Crippen LogP contribution in [0.1, 0.15) is 48.0 Å². The molecular formula is C15H27NO5. The van der Waals surface area contributed by atoms with E-state index in [1.54, 1.807) is 41.5 Å². The van der Waals surface area contributed by atoms with Gasteiger partial charge in [-0.15, -0.1) is 0 Å². The van der Waals surface area contributed by atoms with E-state index in [1.165, 1.54) is 4.90 Å². The molecule has 0 saturated carbocycles. The molecule has 1 amide bonds. The molecule has 21 heavy (non-hydrogen) atoms. The summed E-state index contributed by atoms with van der Waals surface area (Å²) in [6.07, 6.45) is -0.141. The number of aliphatic carboxylic acids is 1. The molecule has 1 N–H and O–H groups in total. The van der Waals surface area contributed by atoms with Crippen molar-refractivity contribution in [2.45, 2.75) is 54.0 Å². The van der Waals surface area contributed by atoms with Gasteiger partial charge in [0.2, 0.25) is 5.91 Å². The second kappa shape index (κ2) is 8.00. The molecule has 0 heterocycles. The molecule has 6 heteroatoms. The van der Waals surface area contributed by atoms with E-state index in [1.807, 2.05) is 0 Å². The number of carboxylic acids is 1. The fraction of sp³-hybridized carbons (Fsp3) is 0.800. The summed E-state index contributed by atoms with van der Waals surface area (Å²) in [5.41, 5.74) is -1.15. The Morgan fingerprint density at radius 3 is 2.05 bits per heavy atom. The standard InChI is InChI=1S/C15H27NO5/c1-7-21-13(18)9-16(11(4)5)12(17)8-15(6,10(2)3)14(19)20/h10-11H,7-9H2,1-6H3,(H,19,20). The quantitative estimate of drug-likeness (QED) is 0.692. The summed E-state index contributed by atoms with van der Waals surface area (Å²) in [4.78, 5) is 36.8. The van der Waals surface area contributed by atoms with Gasteiger partial charge in [-0.2, -0.15) is 0 Å². The highest BCUT2D eigenvalue weighted by molar-refractivity contribution is 5.87. The zero-order chi connectivity index (χ0) is 16.8. The summed E-state index contributed by atoms with van der Waals surface area (Å²) in [6.45, 7) is 10.4. The maximum atomic E-state index is 12.4. The van der Waals surface area contributed by atoms with E-state index in [0.717, 1.165) is 0 Å². The highest BCUT2D eigenvalue weighted by atomic mass is 16.5. The lowest BCUT2D eigenvalue weighted by Crippen LogP contribution is -2.45. The lowest BCUT2D eigenvalue weighted by molar-refractivity contribution is -0.157. The molecule has 1 unspecified atom stereocenters. The normalized spacial score (nSPS) is 13.9. The van der Waals surface area contributed by atoms with E-state index >= 15 is 0 Å². The van der Waals surface area contributed by atoms with Crippen molar-refractivity contribution in [1.29, 1.82) is 0 Å². The van der Waals surface area contributed by atoms with Crippen LogP contribution in [0.3, 0.4) is 0 Å². The minimum Gasteiger partial charge on any atom is -0.481 e. The average Bonchev–Trinajstić information content (AvgIpc) is 2.34. The van der Waals surface area contributed by atoms with Crippen LogP contribution in [-0.4, -0.2) is 47.0 Å². The maximum absolute atomic E-state index is 12.4. The van der Waals surface area contributed by atoms with Crippen LogP contribution in [-0.2, 0) is 19.1 Å². The maximum Gasteiger partial charge on any atom is 0.325 e. The minimum absolute atomic E-state index is 0.141. The van der Waals surface area contributed by atoms with Gasteiger partial charge in [-0.3, -0.25) is 14.4 Å². The van der Waals surface area contributed by atoms with Crippen LogP contribution >= 0.6 is 0 Å². The van der Waals surface area contributed by atoms with Gasteiger partial charge in [-0.25, -0.2) is 0 Å². The molecule has 0 aromatic heterocycles. The Labute approximate surface area is 126 Å².